The Balaban J connectivity index is 1.71. The van der Waals surface area contributed by atoms with E-state index in [-0.39, 0.29) is 6.04 Å². The quantitative estimate of drug-likeness (QED) is 0.825. The van der Waals surface area contributed by atoms with Crippen LogP contribution in [0, 0.1) is 13.8 Å². The van der Waals surface area contributed by atoms with Gasteiger partial charge in [0.15, 0.2) is 11.5 Å². The summed E-state index contributed by atoms with van der Waals surface area (Å²) in [4.78, 5) is 0.405. The van der Waals surface area contributed by atoms with E-state index in [9.17, 15) is 8.42 Å². The third-order valence-corrected chi connectivity index (χ3v) is 7.14. The van der Waals surface area contributed by atoms with Crippen molar-refractivity contribution in [2.75, 3.05) is 19.8 Å². The Morgan fingerprint density at radius 3 is 2.58 bits per heavy atom. The van der Waals surface area contributed by atoms with Crippen molar-refractivity contribution in [3.8, 4) is 11.5 Å². The zero-order valence-electron chi connectivity index (χ0n) is 15.1. The predicted octanol–water partition coefficient (Wildman–Crippen LogP) is 3.60. The molecule has 26 heavy (non-hydrogen) atoms. The molecule has 2 heterocycles. The first kappa shape index (κ1) is 17.4. The zero-order valence-corrected chi connectivity index (χ0v) is 15.9. The molecule has 0 spiro atoms. The van der Waals surface area contributed by atoms with Crippen LogP contribution >= 0.6 is 0 Å². The van der Waals surface area contributed by atoms with Crippen LogP contribution in [0.5, 0.6) is 11.5 Å². The third-order valence-electron chi connectivity index (χ3n) is 5.08. The molecular weight excluding hydrogens is 350 g/mol. The van der Waals surface area contributed by atoms with E-state index < -0.39 is 10.0 Å². The van der Waals surface area contributed by atoms with Gasteiger partial charge < -0.3 is 9.47 Å². The molecule has 4 rings (SSSR count). The molecule has 1 atom stereocenters. The smallest absolute Gasteiger partial charge is 0.243 e. The van der Waals surface area contributed by atoms with Gasteiger partial charge in [0.05, 0.1) is 10.9 Å². The van der Waals surface area contributed by atoms with Crippen LogP contribution < -0.4 is 9.47 Å². The molecule has 138 valence electrons. The molecule has 2 aliphatic heterocycles. The van der Waals surface area contributed by atoms with Gasteiger partial charge in [-0.25, -0.2) is 8.42 Å². The Hall–Kier alpha value is -2.05. The number of ether oxygens (including phenoxy) is 2. The molecule has 1 fully saturated rings. The number of sulfonamides is 1. The zero-order chi connectivity index (χ0) is 18.3. The van der Waals surface area contributed by atoms with E-state index in [1.807, 2.05) is 44.2 Å². The van der Waals surface area contributed by atoms with Gasteiger partial charge in [-0.1, -0.05) is 18.2 Å². The summed E-state index contributed by atoms with van der Waals surface area (Å²) in [5, 5.41) is 0. The van der Waals surface area contributed by atoms with E-state index in [1.165, 1.54) is 0 Å². The lowest BCUT2D eigenvalue weighted by molar-refractivity contribution is 0.171. The monoisotopic (exact) mass is 373 g/mol. The first-order valence-corrected chi connectivity index (χ1v) is 10.4. The number of hydrogen-bond acceptors (Lipinski definition) is 4. The van der Waals surface area contributed by atoms with Gasteiger partial charge in [0, 0.05) is 6.54 Å². The number of rotatable bonds is 3. The van der Waals surface area contributed by atoms with E-state index in [2.05, 4.69) is 0 Å². The summed E-state index contributed by atoms with van der Waals surface area (Å²) >= 11 is 0. The van der Waals surface area contributed by atoms with Crippen LogP contribution in [0.4, 0.5) is 0 Å². The molecule has 0 amide bonds. The van der Waals surface area contributed by atoms with Crippen LogP contribution in [-0.4, -0.2) is 32.5 Å². The van der Waals surface area contributed by atoms with Crippen molar-refractivity contribution >= 4 is 10.0 Å². The van der Waals surface area contributed by atoms with E-state index >= 15 is 0 Å². The third kappa shape index (κ3) is 2.97. The molecule has 0 aromatic heterocycles. The number of nitrogens with zero attached hydrogens (tertiary/aromatic N) is 1. The second kappa shape index (κ2) is 6.59. The van der Waals surface area contributed by atoms with E-state index in [4.69, 9.17) is 9.47 Å². The molecule has 2 aromatic carbocycles. The lowest BCUT2D eigenvalue weighted by Crippen LogP contribution is -2.31. The summed E-state index contributed by atoms with van der Waals surface area (Å²) < 4.78 is 39.6. The standard InChI is InChI=1S/C20H23NO4S/c1-14-5-6-15(2)20(12-14)26(22,23)21-9-3-4-17(21)16-7-8-18-19(13-16)25-11-10-24-18/h5-8,12-13,17H,3-4,9-11H2,1-2H3. The first-order valence-electron chi connectivity index (χ1n) is 8.95. The fourth-order valence-electron chi connectivity index (χ4n) is 3.74. The summed E-state index contributed by atoms with van der Waals surface area (Å²) in [5.41, 5.74) is 2.69. The van der Waals surface area contributed by atoms with Crippen LogP contribution in [0.2, 0.25) is 0 Å². The molecule has 0 bridgehead atoms. The minimum absolute atomic E-state index is 0.171. The van der Waals surface area contributed by atoms with Crippen molar-refractivity contribution < 1.29 is 17.9 Å². The average molecular weight is 373 g/mol. The molecule has 1 saturated heterocycles. The molecule has 1 unspecified atom stereocenters. The van der Waals surface area contributed by atoms with Crippen molar-refractivity contribution in [3.05, 3.63) is 53.1 Å². The van der Waals surface area contributed by atoms with Crippen molar-refractivity contribution in [2.45, 2.75) is 37.6 Å². The molecule has 6 heteroatoms. The Morgan fingerprint density at radius 1 is 1.00 bits per heavy atom. The summed E-state index contributed by atoms with van der Waals surface area (Å²) in [5.74, 6) is 1.42. The van der Waals surface area contributed by atoms with Crippen molar-refractivity contribution in [1.82, 2.24) is 4.31 Å². The number of fused-ring (bicyclic) bond motifs is 1. The molecule has 0 saturated carbocycles. The van der Waals surface area contributed by atoms with Crippen LogP contribution in [-0.2, 0) is 10.0 Å². The van der Waals surface area contributed by atoms with Crippen LogP contribution in [0.3, 0.4) is 0 Å². The minimum atomic E-state index is -3.55. The van der Waals surface area contributed by atoms with Gasteiger partial charge in [0.25, 0.3) is 0 Å². The second-order valence-corrected chi connectivity index (χ2v) is 8.80. The maximum atomic E-state index is 13.3. The SMILES string of the molecule is Cc1ccc(C)c(S(=O)(=O)N2CCCC2c2ccc3c(c2)OCCO3)c1. The predicted molar refractivity (Wildman–Crippen MR) is 99.2 cm³/mol. The topological polar surface area (TPSA) is 55.8 Å². The van der Waals surface area contributed by atoms with Gasteiger partial charge in [0.1, 0.15) is 13.2 Å². The van der Waals surface area contributed by atoms with Crippen molar-refractivity contribution in [3.63, 3.8) is 0 Å². The second-order valence-electron chi connectivity index (χ2n) is 6.95. The highest BCUT2D eigenvalue weighted by Crippen LogP contribution is 2.40. The van der Waals surface area contributed by atoms with Gasteiger partial charge in [-0.3, -0.25) is 0 Å². The van der Waals surface area contributed by atoms with Gasteiger partial charge in [-0.2, -0.15) is 4.31 Å². The summed E-state index contributed by atoms with van der Waals surface area (Å²) in [6.07, 6.45) is 1.66. The van der Waals surface area contributed by atoms with E-state index in [0.717, 1.165) is 35.3 Å². The number of hydrogen-bond donors (Lipinski definition) is 0. The molecular formula is C20H23NO4S. The van der Waals surface area contributed by atoms with Crippen LogP contribution in [0.25, 0.3) is 0 Å². The lowest BCUT2D eigenvalue weighted by Gasteiger charge is -2.27. The fourth-order valence-corrected chi connectivity index (χ4v) is 5.73. The van der Waals surface area contributed by atoms with Gasteiger partial charge in [-0.15, -0.1) is 0 Å². The highest BCUT2D eigenvalue weighted by Gasteiger charge is 2.37. The molecule has 2 aliphatic rings. The molecule has 2 aromatic rings. The van der Waals surface area contributed by atoms with Gasteiger partial charge in [0.2, 0.25) is 10.0 Å². The maximum absolute atomic E-state index is 13.3. The first-order chi connectivity index (χ1) is 12.5. The van der Waals surface area contributed by atoms with Crippen molar-refractivity contribution in [2.24, 2.45) is 0 Å². The van der Waals surface area contributed by atoms with Crippen LogP contribution in [0.15, 0.2) is 41.3 Å². The molecule has 0 aliphatic carbocycles. The normalized spacial score (nSPS) is 20.3. The van der Waals surface area contributed by atoms with Crippen LogP contribution in [0.1, 0.15) is 35.6 Å². The maximum Gasteiger partial charge on any atom is 0.243 e. The van der Waals surface area contributed by atoms with Gasteiger partial charge >= 0.3 is 0 Å². The summed E-state index contributed by atoms with van der Waals surface area (Å²) in [7, 11) is -3.55. The molecule has 5 nitrogen and oxygen atoms in total. The lowest BCUT2D eigenvalue weighted by atomic mass is 10.0. The summed E-state index contributed by atoms with van der Waals surface area (Å²) in [6.45, 7) is 5.37. The Labute approximate surface area is 154 Å². The molecule has 0 radical (unpaired) electrons. The number of aryl methyl sites for hydroxylation is 2. The van der Waals surface area contributed by atoms with E-state index in [0.29, 0.717) is 30.4 Å². The largest absolute Gasteiger partial charge is 0.486 e. The Kier molecular flexibility index (Phi) is 4.40. The highest BCUT2D eigenvalue weighted by molar-refractivity contribution is 7.89. The highest BCUT2D eigenvalue weighted by atomic mass is 32.2. The van der Waals surface area contributed by atoms with E-state index in [1.54, 1.807) is 10.4 Å². The van der Waals surface area contributed by atoms with Crippen molar-refractivity contribution in [1.29, 1.82) is 0 Å². The summed E-state index contributed by atoms with van der Waals surface area (Å²) in [6, 6.07) is 11.2. The Bertz CT molecular complexity index is 939. The number of benzene rings is 2. The van der Waals surface area contributed by atoms with Gasteiger partial charge in [-0.05, 0) is 61.6 Å². The minimum Gasteiger partial charge on any atom is -0.486 e. The average Bonchev–Trinajstić information content (AvgIpc) is 3.14. The molecule has 0 N–H and O–H groups in total. The fraction of sp³-hybridized carbons (Fsp3) is 0.400. The Morgan fingerprint density at radius 2 is 1.77 bits per heavy atom.